The smallest absolute Gasteiger partial charge is 0.220 e. The highest BCUT2D eigenvalue weighted by molar-refractivity contribution is 7.99. The van der Waals surface area contributed by atoms with E-state index in [1.54, 1.807) is 0 Å². The quantitative estimate of drug-likeness (QED) is 0.710. The van der Waals surface area contributed by atoms with Crippen molar-refractivity contribution in [1.29, 1.82) is 0 Å². The maximum absolute atomic E-state index is 11.3. The maximum Gasteiger partial charge on any atom is 0.220 e. The highest BCUT2D eigenvalue weighted by Gasteiger charge is 2.00. The first-order valence-electron chi connectivity index (χ1n) is 6.35. The number of aliphatic hydroxyl groups excluding tert-OH is 1. The van der Waals surface area contributed by atoms with Gasteiger partial charge in [0, 0.05) is 24.5 Å². The number of aliphatic hydroxyl groups is 1. The van der Waals surface area contributed by atoms with Gasteiger partial charge in [0.05, 0.1) is 0 Å². The predicted molar refractivity (Wildman–Crippen MR) is 75.9 cm³/mol. The van der Waals surface area contributed by atoms with Gasteiger partial charge in [-0.2, -0.15) is 0 Å². The summed E-state index contributed by atoms with van der Waals surface area (Å²) < 4.78 is 0. The summed E-state index contributed by atoms with van der Waals surface area (Å²) >= 11 is 1.83. The Morgan fingerprint density at radius 3 is 2.67 bits per heavy atom. The number of rotatable bonds is 8. The molecule has 0 unspecified atom stereocenters. The molecule has 2 N–H and O–H groups in total. The monoisotopic (exact) mass is 267 g/mol. The van der Waals surface area contributed by atoms with Crippen molar-refractivity contribution >= 4 is 17.7 Å². The lowest BCUT2D eigenvalue weighted by atomic mass is 10.1. The van der Waals surface area contributed by atoms with E-state index in [-0.39, 0.29) is 12.5 Å². The van der Waals surface area contributed by atoms with Crippen LogP contribution in [-0.2, 0) is 11.2 Å². The summed E-state index contributed by atoms with van der Waals surface area (Å²) in [5.74, 6) is 1.10. The molecule has 0 aliphatic carbocycles. The summed E-state index contributed by atoms with van der Waals surface area (Å²) in [6.07, 6.45) is 1.79. The van der Waals surface area contributed by atoms with Gasteiger partial charge in [0.1, 0.15) is 0 Å². The zero-order valence-corrected chi connectivity index (χ0v) is 11.6. The van der Waals surface area contributed by atoms with Crippen LogP contribution in [0.4, 0.5) is 0 Å². The average Bonchev–Trinajstić information content (AvgIpc) is 2.39. The molecule has 100 valence electrons. The van der Waals surface area contributed by atoms with E-state index in [4.69, 9.17) is 5.11 Å². The first-order chi connectivity index (χ1) is 8.76. The van der Waals surface area contributed by atoms with E-state index >= 15 is 0 Å². The fraction of sp³-hybridized carbons (Fsp3) is 0.500. The molecule has 0 atom stereocenters. The Balaban J connectivity index is 2.24. The van der Waals surface area contributed by atoms with Crippen LogP contribution in [0.25, 0.3) is 0 Å². The molecule has 0 saturated carbocycles. The summed E-state index contributed by atoms with van der Waals surface area (Å²) in [6.45, 7) is 2.87. The minimum absolute atomic E-state index is 0.0159. The van der Waals surface area contributed by atoms with Crippen molar-refractivity contribution in [3.8, 4) is 0 Å². The van der Waals surface area contributed by atoms with E-state index in [9.17, 15) is 4.79 Å². The maximum atomic E-state index is 11.3. The number of nitrogens with one attached hydrogen (secondary N) is 1. The van der Waals surface area contributed by atoms with Gasteiger partial charge < -0.3 is 10.4 Å². The van der Waals surface area contributed by atoms with Crippen molar-refractivity contribution in [1.82, 2.24) is 5.32 Å². The molecule has 1 aromatic carbocycles. The van der Waals surface area contributed by atoms with Gasteiger partial charge in [-0.3, -0.25) is 4.79 Å². The Hall–Kier alpha value is -1.00. The highest BCUT2D eigenvalue weighted by atomic mass is 32.2. The molecule has 0 spiro atoms. The summed E-state index contributed by atoms with van der Waals surface area (Å²) in [4.78, 5) is 12.6. The molecule has 1 amide bonds. The minimum Gasteiger partial charge on any atom is -0.396 e. The largest absolute Gasteiger partial charge is 0.396 e. The van der Waals surface area contributed by atoms with Crippen molar-refractivity contribution < 1.29 is 9.90 Å². The molecule has 0 heterocycles. The second-order valence-electron chi connectivity index (χ2n) is 4.00. The third kappa shape index (κ3) is 6.07. The number of hydrogen-bond donors (Lipinski definition) is 2. The molecule has 4 heteroatoms. The van der Waals surface area contributed by atoms with Crippen LogP contribution in [0.5, 0.6) is 0 Å². The fourth-order valence-electron chi connectivity index (χ4n) is 1.59. The Bertz CT molecular complexity index is 351. The van der Waals surface area contributed by atoms with Crippen LogP contribution in [0.15, 0.2) is 29.2 Å². The van der Waals surface area contributed by atoms with Gasteiger partial charge in [-0.25, -0.2) is 0 Å². The molecule has 0 saturated heterocycles. The Labute approximate surface area is 113 Å². The van der Waals surface area contributed by atoms with Crippen LogP contribution in [0.3, 0.4) is 0 Å². The first kappa shape index (κ1) is 15.1. The summed E-state index contributed by atoms with van der Waals surface area (Å²) in [5.41, 5.74) is 1.23. The van der Waals surface area contributed by atoms with Crippen LogP contribution in [0.1, 0.15) is 25.3 Å². The molecule has 18 heavy (non-hydrogen) atoms. The summed E-state index contributed by atoms with van der Waals surface area (Å²) in [7, 11) is 0. The molecular formula is C14H21NO2S. The van der Waals surface area contributed by atoms with E-state index < -0.39 is 0 Å². The first-order valence-corrected chi connectivity index (χ1v) is 7.34. The number of amides is 1. The van der Waals surface area contributed by atoms with Crippen LogP contribution in [0.2, 0.25) is 0 Å². The van der Waals surface area contributed by atoms with Gasteiger partial charge >= 0.3 is 0 Å². The molecule has 0 aromatic heterocycles. The molecule has 1 rings (SSSR count). The van der Waals surface area contributed by atoms with Gasteiger partial charge in [0.15, 0.2) is 0 Å². The number of benzene rings is 1. The highest BCUT2D eigenvalue weighted by Crippen LogP contribution is 2.17. The lowest BCUT2D eigenvalue weighted by Gasteiger charge is -2.05. The molecule has 3 nitrogen and oxygen atoms in total. The lowest BCUT2D eigenvalue weighted by molar-refractivity contribution is -0.121. The van der Waals surface area contributed by atoms with Crippen molar-refractivity contribution in [2.24, 2.45) is 0 Å². The van der Waals surface area contributed by atoms with Crippen molar-refractivity contribution in [3.05, 3.63) is 29.8 Å². The van der Waals surface area contributed by atoms with Gasteiger partial charge in [-0.05, 0) is 36.3 Å². The van der Waals surface area contributed by atoms with E-state index in [2.05, 4.69) is 36.5 Å². The summed E-state index contributed by atoms with van der Waals surface area (Å²) in [5, 5.41) is 11.5. The van der Waals surface area contributed by atoms with E-state index in [1.165, 1.54) is 10.5 Å². The Morgan fingerprint density at radius 1 is 1.33 bits per heavy atom. The van der Waals surface area contributed by atoms with Gasteiger partial charge in [-0.1, -0.05) is 19.1 Å². The van der Waals surface area contributed by atoms with Crippen LogP contribution in [0, 0.1) is 0 Å². The second kappa shape index (κ2) is 9.00. The SMILES string of the molecule is CCSc1ccc(CCNC(=O)CCCO)cc1. The molecule has 0 fully saturated rings. The van der Waals surface area contributed by atoms with Crippen molar-refractivity contribution in [2.45, 2.75) is 31.1 Å². The van der Waals surface area contributed by atoms with Crippen LogP contribution >= 0.6 is 11.8 Å². The van der Waals surface area contributed by atoms with E-state index in [0.29, 0.717) is 19.4 Å². The molecule has 0 aliphatic heterocycles. The number of carbonyl (C=O) groups excluding carboxylic acids is 1. The Kier molecular flexibility index (Phi) is 7.53. The fourth-order valence-corrected chi connectivity index (χ4v) is 2.26. The van der Waals surface area contributed by atoms with Crippen LogP contribution < -0.4 is 5.32 Å². The average molecular weight is 267 g/mol. The third-order valence-electron chi connectivity index (χ3n) is 2.53. The van der Waals surface area contributed by atoms with E-state index in [0.717, 1.165) is 12.2 Å². The Morgan fingerprint density at radius 2 is 2.06 bits per heavy atom. The number of thioether (sulfide) groups is 1. The molecule has 1 aromatic rings. The molecule has 0 aliphatic rings. The zero-order chi connectivity index (χ0) is 13.2. The van der Waals surface area contributed by atoms with Crippen LogP contribution in [-0.4, -0.2) is 29.9 Å². The third-order valence-corrected chi connectivity index (χ3v) is 3.43. The predicted octanol–water partition coefficient (Wildman–Crippen LogP) is 2.23. The standard InChI is InChI=1S/C14H21NO2S/c1-2-18-13-7-5-12(6-8-13)9-10-15-14(17)4-3-11-16/h5-8,16H,2-4,9-11H2,1H3,(H,15,17). The molecule has 0 radical (unpaired) electrons. The minimum atomic E-state index is 0.0159. The number of carbonyl (C=O) groups is 1. The molecular weight excluding hydrogens is 246 g/mol. The second-order valence-corrected chi connectivity index (χ2v) is 5.34. The van der Waals surface area contributed by atoms with Gasteiger partial charge in [-0.15, -0.1) is 11.8 Å². The summed E-state index contributed by atoms with van der Waals surface area (Å²) in [6, 6.07) is 8.46. The zero-order valence-electron chi connectivity index (χ0n) is 10.8. The van der Waals surface area contributed by atoms with Gasteiger partial charge in [0.2, 0.25) is 5.91 Å². The van der Waals surface area contributed by atoms with Gasteiger partial charge in [0.25, 0.3) is 0 Å². The topological polar surface area (TPSA) is 49.3 Å². The normalized spacial score (nSPS) is 10.3. The number of hydrogen-bond acceptors (Lipinski definition) is 3. The van der Waals surface area contributed by atoms with Crippen molar-refractivity contribution in [2.75, 3.05) is 18.9 Å². The molecule has 0 bridgehead atoms. The lowest BCUT2D eigenvalue weighted by Crippen LogP contribution is -2.25. The van der Waals surface area contributed by atoms with Crippen molar-refractivity contribution in [3.63, 3.8) is 0 Å². The van der Waals surface area contributed by atoms with E-state index in [1.807, 2.05) is 11.8 Å².